The van der Waals surface area contributed by atoms with Gasteiger partial charge in [-0.15, -0.1) is 0 Å². The molecule has 0 aliphatic rings. The van der Waals surface area contributed by atoms with E-state index >= 15 is 0 Å². The van der Waals surface area contributed by atoms with Crippen LogP contribution in [0.1, 0.15) is 23.1 Å². The minimum absolute atomic E-state index is 0.0566. The summed E-state index contributed by atoms with van der Waals surface area (Å²) in [7, 11) is 0. The maximum Gasteiger partial charge on any atom is 0.164 e. The largest absolute Gasteiger partial charge is 0.388 e. The average molecular weight is 316 g/mol. The molecule has 3 N–H and O–H groups in total. The third-order valence-corrected chi connectivity index (χ3v) is 3.61. The first-order valence-electron chi connectivity index (χ1n) is 6.23. The van der Waals surface area contributed by atoms with Crippen LogP contribution in [0.25, 0.3) is 0 Å². The van der Waals surface area contributed by atoms with Crippen molar-refractivity contribution in [1.82, 2.24) is 0 Å². The molecule has 0 amide bonds. The van der Waals surface area contributed by atoms with E-state index in [9.17, 15) is 18.3 Å². The van der Waals surface area contributed by atoms with Gasteiger partial charge in [-0.3, -0.25) is 0 Å². The maximum atomic E-state index is 14.0. The van der Waals surface area contributed by atoms with Crippen molar-refractivity contribution >= 4 is 11.6 Å². The van der Waals surface area contributed by atoms with Crippen molar-refractivity contribution in [2.75, 3.05) is 6.54 Å². The molecule has 0 aliphatic heterocycles. The molecule has 0 bridgehead atoms. The Morgan fingerprint density at radius 1 is 1.00 bits per heavy atom. The van der Waals surface area contributed by atoms with Crippen molar-refractivity contribution in [2.45, 2.75) is 12.0 Å². The Bertz CT molecular complexity index is 651. The molecule has 2 nitrogen and oxygen atoms in total. The van der Waals surface area contributed by atoms with E-state index in [0.717, 1.165) is 6.07 Å². The lowest BCUT2D eigenvalue weighted by Gasteiger charge is -2.23. The molecule has 0 saturated carbocycles. The van der Waals surface area contributed by atoms with Gasteiger partial charge in [-0.25, -0.2) is 13.2 Å². The molecule has 2 rings (SSSR count). The zero-order valence-corrected chi connectivity index (χ0v) is 11.6. The Hall–Kier alpha value is -1.56. The SMILES string of the molecule is NCC(c1cccc(Cl)c1F)C(O)c1cccc(F)c1F. The monoisotopic (exact) mass is 315 g/mol. The summed E-state index contributed by atoms with van der Waals surface area (Å²) in [5.41, 5.74) is 5.35. The first-order valence-corrected chi connectivity index (χ1v) is 6.61. The molecule has 6 heteroatoms. The van der Waals surface area contributed by atoms with Crippen LogP contribution in [0.3, 0.4) is 0 Å². The Morgan fingerprint density at radius 2 is 1.62 bits per heavy atom. The van der Waals surface area contributed by atoms with Crippen molar-refractivity contribution in [3.05, 3.63) is 70.0 Å². The molecule has 2 unspecified atom stereocenters. The van der Waals surface area contributed by atoms with Crippen molar-refractivity contribution in [2.24, 2.45) is 5.73 Å². The topological polar surface area (TPSA) is 46.2 Å². The van der Waals surface area contributed by atoms with Gasteiger partial charge < -0.3 is 10.8 Å². The van der Waals surface area contributed by atoms with Crippen LogP contribution in [0.15, 0.2) is 36.4 Å². The molecule has 0 spiro atoms. The first kappa shape index (κ1) is 15.8. The molecule has 2 aromatic carbocycles. The van der Waals surface area contributed by atoms with Gasteiger partial charge in [0.15, 0.2) is 11.6 Å². The predicted octanol–water partition coefficient (Wildman–Crippen LogP) is 3.53. The standard InChI is InChI=1S/C15H13ClF3NO/c16-11-5-1-3-8(13(11)18)10(7-20)15(21)9-4-2-6-12(17)14(9)19/h1-6,10,15,21H,7,20H2. The number of aliphatic hydroxyl groups is 1. The lowest BCUT2D eigenvalue weighted by atomic mass is 9.88. The Labute approximate surface area is 125 Å². The van der Waals surface area contributed by atoms with Crippen LogP contribution in [0.2, 0.25) is 5.02 Å². The van der Waals surface area contributed by atoms with E-state index in [1.54, 1.807) is 0 Å². The molecule has 0 radical (unpaired) electrons. The molecule has 2 aromatic rings. The van der Waals surface area contributed by atoms with Gasteiger partial charge in [0.2, 0.25) is 0 Å². The van der Waals surface area contributed by atoms with Gasteiger partial charge in [0.1, 0.15) is 5.82 Å². The summed E-state index contributed by atoms with van der Waals surface area (Å²) < 4.78 is 41.0. The van der Waals surface area contributed by atoms with Crippen LogP contribution < -0.4 is 5.73 Å². The molecule has 0 aromatic heterocycles. The average Bonchev–Trinajstić information content (AvgIpc) is 2.47. The van der Waals surface area contributed by atoms with E-state index in [2.05, 4.69) is 0 Å². The molecule has 112 valence electrons. The number of nitrogens with two attached hydrogens (primary N) is 1. The van der Waals surface area contributed by atoms with Crippen LogP contribution in [0.5, 0.6) is 0 Å². The minimum atomic E-state index is -1.49. The van der Waals surface area contributed by atoms with Gasteiger partial charge in [-0.05, 0) is 17.7 Å². The van der Waals surface area contributed by atoms with Gasteiger partial charge >= 0.3 is 0 Å². The van der Waals surface area contributed by atoms with Crippen LogP contribution in [-0.2, 0) is 0 Å². The summed E-state index contributed by atoms with van der Waals surface area (Å²) in [4.78, 5) is 0. The van der Waals surface area contributed by atoms with E-state index in [0.29, 0.717) is 0 Å². The van der Waals surface area contributed by atoms with E-state index in [1.165, 1.54) is 30.3 Å². The molecule has 0 heterocycles. The van der Waals surface area contributed by atoms with Crippen molar-refractivity contribution in [3.8, 4) is 0 Å². The van der Waals surface area contributed by atoms with Gasteiger partial charge in [0.25, 0.3) is 0 Å². The maximum absolute atomic E-state index is 14.0. The highest BCUT2D eigenvalue weighted by atomic mass is 35.5. The van der Waals surface area contributed by atoms with E-state index in [4.69, 9.17) is 17.3 Å². The first-order chi connectivity index (χ1) is 9.97. The smallest absolute Gasteiger partial charge is 0.164 e. The fourth-order valence-corrected chi connectivity index (χ4v) is 2.38. The highest BCUT2D eigenvalue weighted by molar-refractivity contribution is 6.30. The fourth-order valence-electron chi connectivity index (χ4n) is 2.20. The second-order valence-corrected chi connectivity index (χ2v) is 4.98. The van der Waals surface area contributed by atoms with Crippen LogP contribution in [0, 0.1) is 17.5 Å². The summed E-state index contributed by atoms with van der Waals surface area (Å²) >= 11 is 5.69. The highest BCUT2D eigenvalue weighted by Crippen LogP contribution is 2.35. The molecular weight excluding hydrogens is 303 g/mol. The van der Waals surface area contributed by atoms with Crippen LogP contribution in [-0.4, -0.2) is 11.7 Å². The molecule has 0 aliphatic carbocycles. The number of hydrogen-bond donors (Lipinski definition) is 2. The zero-order valence-electron chi connectivity index (χ0n) is 10.9. The summed E-state index contributed by atoms with van der Waals surface area (Å²) in [5, 5.41) is 10.1. The number of rotatable bonds is 4. The van der Waals surface area contributed by atoms with E-state index in [1.807, 2.05) is 0 Å². The summed E-state index contributed by atoms with van der Waals surface area (Å²) in [5.74, 6) is -3.94. The number of aliphatic hydroxyl groups excluding tert-OH is 1. The summed E-state index contributed by atoms with van der Waals surface area (Å²) in [6.07, 6.45) is -1.49. The number of hydrogen-bond acceptors (Lipinski definition) is 2. The zero-order chi connectivity index (χ0) is 15.6. The van der Waals surface area contributed by atoms with Gasteiger partial charge in [-0.1, -0.05) is 35.9 Å². The van der Waals surface area contributed by atoms with Crippen molar-refractivity contribution in [1.29, 1.82) is 0 Å². The molecule has 0 saturated heterocycles. The summed E-state index contributed by atoms with van der Waals surface area (Å²) in [6, 6.07) is 7.68. The molecule has 2 atom stereocenters. The normalized spacial score (nSPS) is 14.0. The van der Waals surface area contributed by atoms with Gasteiger partial charge in [0.05, 0.1) is 11.1 Å². The van der Waals surface area contributed by atoms with Gasteiger partial charge in [0, 0.05) is 18.0 Å². The molecule has 21 heavy (non-hydrogen) atoms. The van der Waals surface area contributed by atoms with Crippen LogP contribution >= 0.6 is 11.6 Å². The Morgan fingerprint density at radius 3 is 2.29 bits per heavy atom. The fraction of sp³-hybridized carbons (Fsp3) is 0.200. The second-order valence-electron chi connectivity index (χ2n) is 4.57. The Kier molecular flexibility index (Phi) is 4.88. The minimum Gasteiger partial charge on any atom is -0.388 e. The van der Waals surface area contributed by atoms with Gasteiger partial charge in [-0.2, -0.15) is 0 Å². The number of benzene rings is 2. The predicted molar refractivity (Wildman–Crippen MR) is 74.5 cm³/mol. The van der Waals surface area contributed by atoms with Crippen LogP contribution in [0.4, 0.5) is 13.2 Å². The lowest BCUT2D eigenvalue weighted by Crippen LogP contribution is -2.22. The third kappa shape index (κ3) is 3.05. The lowest BCUT2D eigenvalue weighted by molar-refractivity contribution is 0.140. The molecular formula is C15H13ClF3NO. The molecule has 0 fully saturated rings. The third-order valence-electron chi connectivity index (χ3n) is 3.32. The highest BCUT2D eigenvalue weighted by Gasteiger charge is 2.28. The van der Waals surface area contributed by atoms with E-state index < -0.39 is 29.5 Å². The Balaban J connectivity index is 2.46. The van der Waals surface area contributed by atoms with Crippen molar-refractivity contribution in [3.63, 3.8) is 0 Å². The van der Waals surface area contributed by atoms with E-state index in [-0.39, 0.29) is 22.7 Å². The summed E-state index contributed by atoms with van der Waals surface area (Å²) in [6.45, 7) is -0.158. The number of halogens is 4. The second kappa shape index (κ2) is 6.47. The van der Waals surface area contributed by atoms with Crippen molar-refractivity contribution < 1.29 is 18.3 Å². The quantitative estimate of drug-likeness (QED) is 0.906.